The van der Waals surface area contributed by atoms with Crippen molar-refractivity contribution >= 4 is 5.97 Å². The zero-order chi connectivity index (χ0) is 16.8. The normalized spacial score (nSPS) is 12.2. The molecule has 1 rings (SSSR count). The molecule has 0 heterocycles. The minimum absolute atomic E-state index is 0.141. The second-order valence-corrected chi connectivity index (χ2v) is 7.02. The Bertz CT molecular complexity index is 464. The molecule has 0 atom stereocenters. The molecular weight excluding hydrogens is 276 g/mol. The lowest BCUT2D eigenvalue weighted by atomic mass is 9.78. The highest BCUT2D eigenvalue weighted by atomic mass is 16.5. The Balaban J connectivity index is 2.49. The maximum absolute atomic E-state index is 11.4. The van der Waals surface area contributed by atoms with Gasteiger partial charge < -0.3 is 9.84 Å². The monoisotopic (exact) mass is 306 g/mol. The van der Waals surface area contributed by atoms with E-state index in [0.29, 0.717) is 25.9 Å². The van der Waals surface area contributed by atoms with Crippen LogP contribution in [0.1, 0.15) is 65.9 Å². The molecular formula is C19H30O3. The van der Waals surface area contributed by atoms with Gasteiger partial charge in [0.05, 0.1) is 12.0 Å². The summed E-state index contributed by atoms with van der Waals surface area (Å²) in [6.45, 7) is 11.0. The number of hydrogen-bond donors (Lipinski definition) is 1. The number of ether oxygens (including phenoxy) is 1. The first-order valence-corrected chi connectivity index (χ1v) is 8.22. The lowest BCUT2D eigenvalue weighted by Crippen LogP contribution is -2.30. The van der Waals surface area contributed by atoms with E-state index in [1.165, 1.54) is 5.56 Å². The molecule has 22 heavy (non-hydrogen) atoms. The summed E-state index contributed by atoms with van der Waals surface area (Å²) in [5, 5.41) is 9.41. The van der Waals surface area contributed by atoms with E-state index in [4.69, 9.17) is 4.74 Å². The lowest BCUT2D eigenvalue weighted by molar-refractivity contribution is -0.150. The van der Waals surface area contributed by atoms with Gasteiger partial charge in [-0.1, -0.05) is 46.8 Å². The van der Waals surface area contributed by atoms with Gasteiger partial charge in [-0.15, -0.1) is 0 Å². The molecule has 0 spiro atoms. The maximum Gasteiger partial charge on any atom is 0.309 e. The molecule has 0 aromatic heterocycles. The molecule has 3 nitrogen and oxygen atoms in total. The van der Waals surface area contributed by atoms with E-state index in [-0.39, 0.29) is 5.41 Å². The van der Waals surface area contributed by atoms with Gasteiger partial charge in [0.2, 0.25) is 0 Å². The Morgan fingerprint density at radius 3 is 2.05 bits per heavy atom. The summed E-state index contributed by atoms with van der Waals surface area (Å²) in [4.78, 5) is 11.4. The van der Waals surface area contributed by atoms with E-state index in [2.05, 4.69) is 32.9 Å². The van der Waals surface area contributed by atoms with Gasteiger partial charge >= 0.3 is 5.97 Å². The molecule has 0 saturated heterocycles. The summed E-state index contributed by atoms with van der Waals surface area (Å²) in [5.41, 5.74) is 0.822. The van der Waals surface area contributed by atoms with Crippen molar-refractivity contribution < 1.29 is 14.6 Å². The van der Waals surface area contributed by atoms with Gasteiger partial charge in [-0.05, 0) is 48.8 Å². The summed E-state index contributed by atoms with van der Waals surface area (Å²) in [7, 11) is 0. The van der Waals surface area contributed by atoms with Crippen LogP contribution in [0.5, 0.6) is 5.75 Å². The molecule has 0 aliphatic carbocycles. The molecule has 124 valence electrons. The minimum Gasteiger partial charge on any atom is -0.494 e. The van der Waals surface area contributed by atoms with E-state index in [0.717, 1.165) is 12.2 Å². The zero-order valence-corrected chi connectivity index (χ0v) is 14.6. The third-order valence-electron chi connectivity index (χ3n) is 4.60. The zero-order valence-electron chi connectivity index (χ0n) is 14.6. The van der Waals surface area contributed by atoms with Crippen LogP contribution in [0.2, 0.25) is 0 Å². The molecule has 1 N–H and O–H groups in total. The summed E-state index contributed by atoms with van der Waals surface area (Å²) in [5.74, 6) is 0.161. The number of benzene rings is 1. The predicted octanol–water partition coefficient (Wildman–Crippen LogP) is 5.03. The smallest absolute Gasteiger partial charge is 0.309 e. The van der Waals surface area contributed by atoms with Crippen molar-refractivity contribution in [3.63, 3.8) is 0 Å². The molecule has 0 unspecified atom stereocenters. The first-order valence-electron chi connectivity index (χ1n) is 8.22. The van der Waals surface area contributed by atoms with Crippen LogP contribution in [0.25, 0.3) is 0 Å². The first kappa shape index (κ1) is 18.5. The summed E-state index contributed by atoms with van der Waals surface area (Å²) >= 11 is 0. The highest BCUT2D eigenvalue weighted by molar-refractivity contribution is 5.74. The van der Waals surface area contributed by atoms with Crippen molar-refractivity contribution in [3.05, 3.63) is 29.8 Å². The number of hydrogen-bond acceptors (Lipinski definition) is 2. The van der Waals surface area contributed by atoms with Crippen LogP contribution in [0.15, 0.2) is 24.3 Å². The van der Waals surface area contributed by atoms with Gasteiger partial charge in [0.25, 0.3) is 0 Å². The van der Waals surface area contributed by atoms with E-state index in [1.807, 2.05) is 26.0 Å². The first-order chi connectivity index (χ1) is 10.2. The van der Waals surface area contributed by atoms with Crippen molar-refractivity contribution in [3.8, 4) is 5.75 Å². The van der Waals surface area contributed by atoms with Crippen LogP contribution in [0, 0.1) is 5.41 Å². The minimum atomic E-state index is -0.688. The predicted molar refractivity (Wildman–Crippen MR) is 90.5 cm³/mol. The van der Waals surface area contributed by atoms with Crippen molar-refractivity contribution in [2.75, 3.05) is 6.61 Å². The van der Waals surface area contributed by atoms with Gasteiger partial charge in [0.15, 0.2) is 0 Å². The van der Waals surface area contributed by atoms with Crippen LogP contribution < -0.4 is 4.74 Å². The van der Waals surface area contributed by atoms with Gasteiger partial charge in [0.1, 0.15) is 5.75 Å². The quantitative estimate of drug-likeness (QED) is 0.685. The largest absolute Gasteiger partial charge is 0.494 e. The van der Waals surface area contributed by atoms with E-state index in [9.17, 15) is 9.90 Å². The lowest BCUT2D eigenvalue weighted by Gasteiger charge is -2.26. The molecule has 0 fully saturated rings. The topological polar surface area (TPSA) is 46.5 Å². The molecule has 0 aliphatic heterocycles. The fourth-order valence-electron chi connectivity index (χ4n) is 2.66. The Morgan fingerprint density at radius 2 is 1.64 bits per heavy atom. The third-order valence-corrected chi connectivity index (χ3v) is 4.60. The molecule has 0 radical (unpaired) electrons. The standard InChI is InChI=1S/C19H30O3/c1-6-19(7-2,17(20)21)13-8-14-22-16-11-9-15(10-12-16)18(3,4)5/h9-12H,6-8,13-14H2,1-5H3,(H,20,21). The average molecular weight is 306 g/mol. The second kappa shape index (κ2) is 7.66. The Hall–Kier alpha value is -1.51. The van der Waals surface area contributed by atoms with Crippen molar-refractivity contribution in [2.45, 2.75) is 65.7 Å². The van der Waals surface area contributed by atoms with Crippen molar-refractivity contribution in [1.82, 2.24) is 0 Å². The van der Waals surface area contributed by atoms with Crippen LogP contribution in [-0.4, -0.2) is 17.7 Å². The van der Waals surface area contributed by atoms with Crippen molar-refractivity contribution in [2.24, 2.45) is 5.41 Å². The molecule has 1 aromatic rings. The maximum atomic E-state index is 11.4. The number of carboxylic acid groups (broad SMARTS) is 1. The fourth-order valence-corrected chi connectivity index (χ4v) is 2.66. The van der Waals surface area contributed by atoms with Crippen LogP contribution >= 0.6 is 0 Å². The summed E-state index contributed by atoms with van der Waals surface area (Å²) in [6.07, 6.45) is 2.75. The van der Waals surface area contributed by atoms with Gasteiger partial charge in [0, 0.05) is 0 Å². The van der Waals surface area contributed by atoms with E-state index in [1.54, 1.807) is 0 Å². The molecule has 0 amide bonds. The summed E-state index contributed by atoms with van der Waals surface area (Å²) in [6, 6.07) is 8.17. The van der Waals surface area contributed by atoms with Gasteiger partial charge in [-0.25, -0.2) is 0 Å². The Labute approximate surface area is 134 Å². The molecule has 1 aromatic carbocycles. The average Bonchev–Trinajstić information content (AvgIpc) is 2.47. The Morgan fingerprint density at radius 1 is 1.09 bits per heavy atom. The van der Waals surface area contributed by atoms with Gasteiger partial charge in [-0.3, -0.25) is 4.79 Å². The third kappa shape index (κ3) is 4.75. The molecule has 0 saturated carbocycles. The van der Waals surface area contributed by atoms with Crippen molar-refractivity contribution in [1.29, 1.82) is 0 Å². The SMILES string of the molecule is CCC(CC)(CCCOc1ccc(C(C)(C)C)cc1)C(=O)O. The summed E-state index contributed by atoms with van der Waals surface area (Å²) < 4.78 is 5.74. The molecule has 3 heteroatoms. The van der Waals surface area contributed by atoms with E-state index < -0.39 is 11.4 Å². The number of carbonyl (C=O) groups is 1. The Kier molecular flexibility index (Phi) is 6.46. The number of rotatable bonds is 8. The van der Waals surface area contributed by atoms with Crippen LogP contribution in [0.3, 0.4) is 0 Å². The van der Waals surface area contributed by atoms with Gasteiger partial charge in [-0.2, -0.15) is 0 Å². The van der Waals surface area contributed by atoms with Crippen LogP contribution in [0.4, 0.5) is 0 Å². The highest BCUT2D eigenvalue weighted by Crippen LogP contribution is 2.32. The highest BCUT2D eigenvalue weighted by Gasteiger charge is 2.33. The number of carboxylic acids is 1. The fraction of sp³-hybridized carbons (Fsp3) is 0.632. The molecule has 0 aliphatic rings. The second-order valence-electron chi connectivity index (χ2n) is 7.02. The molecule has 0 bridgehead atoms. The number of aliphatic carboxylic acids is 1. The van der Waals surface area contributed by atoms with E-state index >= 15 is 0 Å². The van der Waals surface area contributed by atoms with Crippen LogP contribution in [-0.2, 0) is 10.2 Å².